The minimum atomic E-state index is 0.0728. The summed E-state index contributed by atoms with van der Waals surface area (Å²) in [6, 6.07) is 6.33. The summed E-state index contributed by atoms with van der Waals surface area (Å²) in [5.41, 5.74) is 7.28. The molecule has 2 N–H and O–H groups in total. The van der Waals surface area contributed by atoms with Crippen LogP contribution in [0.5, 0.6) is 0 Å². The van der Waals surface area contributed by atoms with E-state index in [9.17, 15) is 0 Å². The summed E-state index contributed by atoms with van der Waals surface area (Å²) in [5, 5.41) is 0. The fraction of sp³-hybridized carbons (Fsp3) is 0.667. The first kappa shape index (κ1) is 16.1. The molecule has 4 heteroatoms. The lowest BCUT2D eigenvalue weighted by atomic mass is 10.0. The van der Waals surface area contributed by atoms with Crippen LogP contribution < -0.4 is 5.73 Å². The van der Waals surface area contributed by atoms with Gasteiger partial charge in [-0.1, -0.05) is 13.0 Å². The minimum absolute atomic E-state index is 0.0728. The number of nitrogens with zero attached hydrogens (tertiary/aromatic N) is 3. The lowest BCUT2D eigenvalue weighted by Gasteiger charge is -2.34. The van der Waals surface area contributed by atoms with Crippen LogP contribution in [0.3, 0.4) is 0 Å². The predicted octanol–water partition coefficient (Wildman–Crippen LogP) is 1.74. The highest BCUT2D eigenvalue weighted by Crippen LogP contribution is 2.21. The van der Waals surface area contributed by atoms with Crippen LogP contribution in [0.25, 0.3) is 0 Å². The first-order chi connectivity index (χ1) is 9.06. The maximum absolute atomic E-state index is 6.21. The number of likely N-dealkylation sites (N-methyl/N-ethyl adjacent to an activating group) is 1. The third-order valence-corrected chi connectivity index (χ3v) is 3.23. The molecular formula is C15H28N4. The largest absolute Gasteiger partial charge is 0.326 e. The van der Waals surface area contributed by atoms with Gasteiger partial charge in [-0.15, -0.1) is 0 Å². The average molecular weight is 264 g/mol. The zero-order valence-corrected chi connectivity index (χ0v) is 12.7. The van der Waals surface area contributed by atoms with Gasteiger partial charge in [0.1, 0.15) is 0 Å². The summed E-state index contributed by atoms with van der Waals surface area (Å²) in [5.74, 6) is 0. The molecule has 0 radical (unpaired) electrons. The van der Waals surface area contributed by atoms with Crippen LogP contribution in [0.1, 0.15) is 32.0 Å². The van der Waals surface area contributed by atoms with Crippen LogP contribution in [0.4, 0.5) is 0 Å². The Kier molecular flexibility index (Phi) is 6.99. The molecule has 19 heavy (non-hydrogen) atoms. The van der Waals surface area contributed by atoms with E-state index >= 15 is 0 Å². The van der Waals surface area contributed by atoms with Crippen molar-refractivity contribution >= 4 is 0 Å². The van der Waals surface area contributed by atoms with Gasteiger partial charge < -0.3 is 10.6 Å². The van der Waals surface area contributed by atoms with Gasteiger partial charge in [0.05, 0.1) is 11.7 Å². The molecule has 0 bridgehead atoms. The lowest BCUT2D eigenvalue weighted by Crippen LogP contribution is -2.43. The molecule has 1 aromatic rings. The summed E-state index contributed by atoms with van der Waals surface area (Å²) >= 11 is 0. The molecule has 0 spiro atoms. The van der Waals surface area contributed by atoms with Gasteiger partial charge in [-0.25, -0.2) is 0 Å². The number of nitrogens with two attached hydrogens (primary N) is 1. The van der Waals surface area contributed by atoms with E-state index in [4.69, 9.17) is 5.73 Å². The van der Waals surface area contributed by atoms with Gasteiger partial charge in [0.15, 0.2) is 0 Å². The first-order valence-corrected chi connectivity index (χ1v) is 7.11. The third-order valence-electron chi connectivity index (χ3n) is 3.23. The van der Waals surface area contributed by atoms with Crippen molar-refractivity contribution in [2.24, 2.45) is 5.73 Å². The van der Waals surface area contributed by atoms with Gasteiger partial charge in [-0.2, -0.15) is 0 Å². The van der Waals surface area contributed by atoms with E-state index in [0.717, 1.165) is 31.7 Å². The Morgan fingerprint density at radius 1 is 1.21 bits per heavy atom. The molecule has 0 saturated carbocycles. The monoisotopic (exact) mass is 264 g/mol. The zero-order chi connectivity index (χ0) is 14.3. The molecule has 0 fully saturated rings. The van der Waals surface area contributed by atoms with Crippen molar-refractivity contribution in [2.75, 3.05) is 33.7 Å². The van der Waals surface area contributed by atoms with Crippen molar-refractivity contribution in [3.63, 3.8) is 0 Å². The molecule has 0 aliphatic rings. The van der Waals surface area contributed by atoms with Crippen molar-refractivity contribution in [1.82, 2.24) is 14.8 Å². The Morgan fingerprint density at radius 2 is 1.95 bits per heavy atom. The summed E-state index contributed by atoms with van der Waals surface area (Å²) in [6.07, 6.45) is 2.98. The summed E-state index contributed by atoms with van der Waals surface area (Å²) in [4.78, 5) is 9.15. The van der Waals surface area contributed by atoms with Gasteiger partial charge in [-0.05, 0) is 46.1 Å². The number of aromatic nitrogens is 1. The molecule has 2 unspecified atom stereocenters. The van der Waals surface area contributed by atoms with Crippen LogP contribution in [0, 0.1) is 0 Å². The quantitative estimate of drug-likeness (QED) is 0.777. The van der Waals surface area contributed by atoms with Crippen molar-refractivity contribution in [3.8, 4) is 0 Å². The molecule has 108 valence electrons. The SMILES string of the molecule is CCCN(CCN(C)C)C(c1ccccn1)C(C)N. The van der Waals surface area contributed by atoms with Crippen LogP contribution in [-0.2, 0) is 0 Å². The highest BCUT2D eigenvalue weighted by atomic mass is 15.2. The van der Waals surface area contributed by atoms with E-state index in [1.807, 2.05) is 18.3 Å². The van der Waals surface area contributed by atoms with Crippen molar-refractivity contribution in [1.29, 1.82) is 0 Å². The van der Waals surface area contributed by atoms with E-state index < -0.39 is 0 Å². The van der Waals surface area contributed by atoms with Crippen molar-refractivity contribution < 1.29 is 0 Å². The van der Waals surface area contributed by atoms with Gasteiger partial charge in [-0.3, -0.25) is 9.88 Å². The van der Waals surface area contributed by atoms with Crippen LogP contribution in [0.2, 0.25) is 0 Å². The molecule has 4 nitrogen and oxygen atoms in total. The van der Waals surface area contributed by atoms with Gasteiger partial charge in [0, 0.05) is 25.3 Å². The fourth-order valence-corrected chi connectivity index (χ4v) is 2.35. The van der Waals surface area contributed by atoms with Crippen molar-refractivity contribution in [2.45, 2.75) is 32.4 Å². The van der Waals surface area contributed by atoms with Crippen LogP contribution >= 0.6 is 0 Å². The van der Waals surface area contributed by atoms with Gasteiger partial charge in [0.25, 0.3) is 0 Å². The average Bonchev–Trinajstić information content (AvgIpc) is 2.37. The standard InChI is InChI=1S/C15H28N4/c1-5-10-19(12-11-18(3)4)15(13(2)16)14-8-6-7-9-17-14/h6-9,13,15H,5,10-12,16H2,1-4H3. The molecule has 1 aromatic heterocycles. The summed E-state index contributed by atoms with van der Waals surface area (Å²) in [6.45, 7) is 7.38. The normalized spacial score (nSPS) is 14.9. The van der Waals surface area contributed by atoms with E-state index in [2.05, 4.69) is 48.8 Å². The third kappa shape index (κ3) is 5.27. The van der Waals surface area contributed by atoms with E-state index in [0.29, 0.717) is 0 Å². The number of rotatable bonds is 8. The number of hydrogen-bond donors (Lipinski definition) is 1. The van der Waals surface area contributed by atoms with Crippen LogP contribution in [0.15, 0.2) is 24.4 Å². The van der Waals surface area contributed by atoms with Gasteiger partial charge >= 0.3 is 0 Å². The maximum atomic E-state index is 6.21. The Balaban J connectivity index is 2.86. The molecule has 0 amide bonds. The fourth-order valence-electron chi connectivity index (χ4n) is 2.35. The molecule has 0 aromatic carbocycles. The first-order valence-electron chi connectivity index (χ1n) is 7.11. The Hall–Kier alpha value is -0.970. The second kappa shape index (κ2) is 8.25. The molecule has 0 saturated heterocycles. The second-order valence-electron chi connectivity index (χ2n) is 5.40. The Bertz CT molecular complexity index is 337. The molecule has 0 aliphatic carbocycles. The van der Waals surface area contributed by atoms with Crippen molar-refractivity contribution in [3.05, 3.63) is 30.1 Å². The topological polar surface area (TPSA) is 45.4 Å². The maximum Gasteiger partial charge on any atom is 0.0671 e. The van der Waals surface area contributed by atoms with Gasteiger partial charge in [0.2, 0.25) is 0 Å². The zero-order valence-electron chi connectivity index (χ0n) is 12.7. The molecule has 0 aliphatic heterocycles. The highest BCUT2D eigenvalue weighted by molar-refractivity contribution is 5.11. The second-order valence-corrected chi connectivity index (χ2v) is 5.40. The van der Waals surface area contributed by atoms with E-state index in [1.54, 1.807) is 0 Å². The lowest BCUT2D eigenvalue weighted by molar-refractivity contribution is 0.158. The highest BCUT2D eigenvalue weighted by Gasteiger charge is 2.24. The minimum Gasteiger partial charge on any atom is -0.326 e. The molecule has 1 rings (SSSR count). The molecule has 1 heterocycles. The predicted molar refractivity (Wildman–Crippen MR) is 81.0 cm³/mol. The summed E-state index contributed by atoms with van der Waals surface area (Å²) in [7, 11) is 4.21. The Morgan fingerprint density at radius 3 is 2.42 bits per heavy atom. The molecular weight excluding hydrogens is 236 g/mol. The van der Waals surface area contributed by atoms with Crippen LogP contribution in [-0.4, -0.2) is 54.6 Å². The Labute approximate surface area is 117 Å². The number of hydrogen-bond acceptors (Lipinski definition) is 4. The van der Waals surface area contributed by atoms with E-state index in [-0.39, 0.29) is 12.1 Å². The summed E-state index contributed by atoms with van der Waals surface area (Å²) < 4.78 is 0. The number of pyridine rings is 1. The molecule has 2 atom stereocenters. The smallest absolute Gasteiger partial charge is 0.0671 e. The van der Waals surface area contributed by atoms with E-state index in [1.165, 1.54) is 0 Å².